The quantitative estimate of drug-likeness (QED) is 0.874. The minimum absolute atomic E-state index is 0.00794. The molecule has 0 radical (unpaired) electrons. The predicted octanol–water partition coefficient (Wildman–Crippen LogP) is 2.38. The van der Waals surface area contributed by atoms with E-state index in [0.717, 1.165) is 31.6 Å². The van der Waals surface area contributed by atoms with Gasteiger partial charge in [0.1, 0.15) is 5.82 Å². The summed E-state index contributed by atoms with van der Waals surface area (Å²) in [6, 6.07) is 9.40. The second-order valence-electron chi connectivity index (χ2n) is 7.06. The van der Waals surface area contributed by atoms with Crippen molar-refractivity contribution < 1.29 is 9.59 Å². The SMILES string of the molecule is Cn1nc(C(=O)N2CCN(c3ccc(Cl)cc3)CC2)cc1NC(=O)C1CC1. The van der Waals surface area contributed by atoms with Crippen molar-refractivity contribution in [3.8, 4) is 0 Å². The maximum atomic E-state index is 12.8. The van der Waals surface area contributed by atoms with E-state index in [1.54, 1.807) is 22.7 Å². The highest BCUT2D eigenvalue weighted by atomic mass is 35.5. The number of carbonyl (C=O) groups is 2. The molecule has 1 saturated heterocycles. The van der Waals surface area contributed by atoms with Gasteiger partial charge >= 0.3 is 0 Å². The van der Waals surface area contributed by atoms with Crippen molar-refractivity contribution in [1.29, 1.82) is 0 Å². The van der Waals surface area contributed by atoms with Gasteiger partial charge in [-0.1, -0.05) is 11.6 Å². The highest BCUT2D eigenvalue weighted by molar-refractivity contribution is 6.30. The molecule has 0 spiro atoms. The molecule has 1 aliphatic heterocycles. The van der Waals surface area contributed by atoms with E-state index in [-0.39, 0.29) is 17.7 Å². The van der Waals surface area contributed by atoms with Gasteiger partial charge in [0.25, 0.3) is 5.91 Å². The fraction of sp³-hybridized carbons (Fsp3) is 0.421. The Hall–Kier alpha value is -2.54. The molecule has 2 amide bonds. The Labute approximate surface area is 162 Å². The summed E-state index contributed by atoms with van der Waals surface area (Å²) in [4.78, 5) is 28.8. The van der Waals surface area contributed by atoms with E-state index in [0.29, 0.717) is 29.6 Å². The molecule has 1 aliphatic carbocycles. The Balaban J connectivity index is 1.37. The van der Waals surface area contributed by atoms with E-state index in [9.17, 15) is 9.59 Å². The van der Waals surface area contributed by atoms with E-state index >= 15 is 0 Å². The van der Waals surface area contributed by atoms with Crippen molar-refractivity contribution in [3.05, 3.63) is 41.0 Å². The lowest BCUT2D eigenvalue weighted by atomic mass is 10.2. The number of carbonyl (C=O) groups excluding carboxylic acids is 2. The maximum Gasteiger partial charge on any atom is 0.274 e. The summed E-state index contributed by atoms with van der Waals surface area (Å²) in [6.07, 6.45) is 1.88. The van der Waals surface area contributed by atoms with Gasteiger partial charge in [-0.3, -0.25) is 14.3 Å². The summed E-state index contributed by atoms with van der Waals surface area (Å²) in [5.41, 5.74) is 1.47. The van der Waals surface area contributed by atoms with E-state index < -0.39 is 0 Å². The number of amides is 2. The largest absolute Gasteiger partial charge is 0.368 e. The molecule has 2 aromatic rings. The van der Waals surface area contributed by atoms with Gasteiger partial charge in [0, 0.05) is 55.9 Å². The third-order valence-corrected chi connectivity index (χ3v) is 5.31. The number of halogens is 1. The van der Waals surface area contributed by atoms with Crippen molar-refractivity contribution in [1.82, 2.24) is 14.7 Å². The molecule has 0 bridgehead atoms. The standard InChI is InChI=1S/C19H22ClN5O2/c1-23-17(21-18(26)13-2-3-13)12-16(22-23)19(27)25-10-8-24(9-11-25)15-6-4-14(20)5-7-15/h4-7,12-13H,2-3,8-11H2,1H3,(H,21,26). The molecule has 0 atom stereocenters. The minimum atomic E-state index is -0.103. The van der Waals surface area contributed by atoms with Crippen LogP contribution in [0, 0.1) is 5.92 Å². The number of benzene rings is 1. The summed E-state index contributed by atoms with van der Waals surface area (Å²) in [5.74, 6) is 0.580. The van der Waals surface area contributed by atoms with Crippen LogP contribution in [0.3, 0.4) is 0 Å². The fourth-order valence-corrected chi connectivity index (χ4v) is 3.37. The van der Waals surface area contributed by atoms with E-state index in [4.69, 9.17) is 11.6 Å². The van der Waals surface area contributed by atoms with Crippen LogP contribution in [-0.2, 0) is 11.8 Å². The van der Waals surface area contributed by atoms with Gasteiger partial charge in [0.2, 0.25) is 5.91 Å². The Morgan fingerprint density at radius 2 is 1.78 bits per heavy atom. The Bertz CT molecular complexity index is 851. The number of nitrogens with one attached hydrogen (secondary N) is 1. The Morgan fingerprint density at radius 1 is 1.11 bits per heavy atom. The van der Waals surface area contributed by atoms with Crippen LogP contribution in [0.15, 0.2) is 30.3 Å². The van der Waals surface area contributed by atoms with Crippen LogP contribution in [0.1, 0.15) is 23.3 Å². The highest BCUT2D eigenvalue weighted by Crippen LogP contribution is 2.30. The van der Waals surface area contributed by atoms with E-state index in [2.05, 4.69) is 15.3 Å². The van der Waals surface area contributed by atoms with Crippen molar-refractivity contribution in [2.24, 2.45) is 13.0 Å². The first-order valence-corrected chi connectivity index (χ1v) is 9.54. The molecule has 27 heavy (non-hydrogen) atoms. The fourth-order valence-electron chi connectivity index (χ4n) is 3.24. The van der Waals surface area contributed by atoms with Crippen LogP contribution >= 0.6 is 11.6 Å². The van der Waals surface area contributed by atoms with E-state index in [1.807, 2.05) is 24.3 Å². The lowest BCUT2D eigenvalue weighted by molar-refractivity contribution is -0.117. The zero-order valence-corrected chi connectivity index (χ0v) is 15.9. The summed E-state index contributed by atoms with van der Waals surface area (Å²) in [5, 5.41) is 7.86. The van der Waals surface area contributed by atoms with Crippen molar-refractivity contribution in [3.63, 3.8) is 0 Å². The number of aryl methyl sites for hydroxylation is 1. The predicted molar refractivity (Wildman–Crippen MR) is 104 cm³/mol. The van der Waals surface area contributed by atoms with Gasteiger partial charge < -0.3 is 15.1 Å². The van der Waals surface area contributed by atoms with Gasteiger partial charge in [-0.25, -0.2) is 0 Å². The molecule has 1 N–H and O–H groups in total. The van der Waals surface area contributed by atoms with Gasteiger partial charge in [-0.05, 0) is 37.1 Å². The zero-order chi connectivity index (χ0) is 19.0. The Kier molecular flexibility index (Phi) is 4.78. The summed E-state index contributed by atoms with van der Waals surface area (Å²) in [7, 11) is 1.73. The van der Waals surface area contributed by atoms with Crippen LogP contribution in [-0.4, -0.2) is 52.7 Å². The van der Waals surface area contributed by atoms with Crippen molar-refractivity contribution in [2.75, 3.05) is 36.4 Å². The van der Waals surface area contributed by atoms with Crippen LogP contribution < -0.4 is 10.2 Å². The van der Waals surface area contributed by atoms with Crippen LogP contribution in [0.4, 0.5) is 11.5 Å². The number of nitrogens with zero attached hydrogens (tertiary/aromatic N) is 4. The minimum Gasteiger partial charge on any atom is -0.368 e. The van der Waals surface area contributed by atoms with Crippen LogP contribution in [0.5, 0.6) is 0 Å². The molecule has 8 heteroatoms. The van der Waals surface area contributed by atoms with Crippen LogP contribution in [0.2, 0.25) is 5.02 Å². The summed E-state index contributed by atoms with van der Waals surface area (Å²) >= 11 is 5.94. The molecule has 0 unspecified atom stereocenters. The first kappa shape index (κ1) is 17.9. The maximum absolute atomic E-state index is 12.8. The number of rotatable bonds is 4. The summed E-state index contributed by atoms with van der Waals surface area (Å²) < 4.78 is 1.55. The average molecular weight is 388 g/mol. The number of piperazine rings is 1. The first-order chi connectivity index (χ1) is 13.0. The molecule has 2 heterocycles. The number of hydrogen-bond acceptors (Lipinski definition) is 4. The van der Waals surface area contributed by atoms with Gasteiger partial charge in [0.15, 0.2) is 5.69 Å². The third kappa shape index (κ3) is 3.93. The number of hydrogen-bond donors (Lipinski definition) is 1. The smallest absolute Gasteiger partial charge is 0.274 e. The third-order valence-electron chi connectivity index (χ3n) is 5.06. The second kappa shape index (κ2) is 7.23. The first-order valence-electron chi connectivity index (χ1n) is 9.16. The molecule has 4 rings (SSSR count). The zero-order valence-electron chi connectivity index (χ0n) is 15.2. The normalized spacial score (nSPS) is 17.1. The molecule has 1 saturated carbocycles. The van der Waals surface area contributed by atoms with Gasteiger partial charge in [-0.15, -0.1) is 0 Å². The number of aromatic nitrogens is 2. The van der Waals surface area contributed by atoms with Crippen LogP contribution in [0.25, 0.3) is 0 Å². The lowest BCUT2D eigenvalue weighted by Crippen LogP contribution is -2.48. The molecule has 2 fully saturated rings. The lowest BCUT2D eigenvalue weighted by Gasteiger charge is -2.35. The van der Waals surface area contributed by atoms with E-state index in [1.165, 1.54) is 0 Å². The molecule has 142 valence electrons. The summed E-state index contributed by atoms with van der Waals surface area (Å²) in [6.45, 7) is 2.76. The highest BCUT2D eigenvalue weighted by Gasteiger charge is 2.31. The monoisotopic (exact) mass is 387 g/mol. The molecule has 7 nitrogen and oxygen atoms in total. The van der Waals surface area contributed by atoms with Gasteiger partial charge in [0.05, 0.1) is 0 Å². The molecule has 1 aromatic heterocycles. The molecular weight excluding hydrogens is 366 g/mol. The second-order valence-corrected chi connectivity index (χ2v) is 7.49. The molecule has 1 aromatic carbocycles. The number of anilines is 2. The molecule has 2 aliphatic rings. The topological polar surface area (TPSA) is 70.5 Å². The van der Waals surface area contributed by atoms with Crippen molar-refractivity contribution >= 4 is 34.9 Å². The average Bonchev–Trinajstić information content (AvgIpc) is 3.47. The van der Waals surface area contributed by atoms with Gasteiger partial charge in [-0.2, -0.15) is 5.10 Å². The Morgan fingerprint density at radius 3 is 2.41 bits per heavy atom. The van der Waals surface area contributed by atoms with Crippen molar-refractivity contribution in [2.45, 2.75) is 12.8 Å². The molecular formula is C19H22ClN5O2.